The van der Waals surface area contributed by atoms with Gasteiger partial charge in [0.2, 0.25) is 0 Å². The zero-order chi connectivity index (χ0) is 21.3. The second-order valence-electron chi connectivity index (χ2n) is 7.55. The van der Waals surface area contributed by atoms with Crippen molar-refractivity contribution in [2.75, 3.05) is 20.3 Å². The second kappa shape index (κ2) is 8.32. The summed E-state index contributed by atoms with van der Waals surface area (Å²) in [6.45, 7) is 3.75. The minimum atomic E-state index is -4.49. The van der Waals surface area contributed by atoms with Crippen molar-refractivity contribution >= 4 is 0 Å². The zero-order valence-electron chi connectivity index (χ0n) is 16.9. The Labute approximate surface area is 173 Å². The highest BCUT2D eigenvalue weighted by Gasteiger charge is 2.35. The monoisotopic (exact) mass is 420 g/mol. The number of alkyl halides is 3. The van der Waals surface area contributed by atoms with Crippen LogP contribution in [0.25, 0.3) is 5.69 Å². The van der Waals surface area contributed by atoms with Crippen LogP contribution < -0.4 is 4.74 Å². The van der Waals surface area contributed by atoms with Crippen LogP contribution in [0.15, 0.2) is 18.2 Å². The third kappa shape index (κ3) is 4.18. The van der Waals surface area contributed by atoms with Crippen molar-refractivity contribution in [2.45, 2.75) is 45.1 Å². The van der Waals surface area contributed by atoms with Gasteiger partial charge in [0, 0.05) is 37.2 Å². The van der Waals surface area contributed by atoms with Crippen molar-refractivity contribution in [3.8, 4) is 23.3 Å². The van der Waals surface area contributed by atoms with Crippen molar-refractivity contribution in [1.82, 2.24) is 9.78 Å². The highest BCUT2D eigenvalue weighted by atomic mass is 19.4. The number of aromatic nitrogens is 2. The molecule has 0 aliphatic carbocycles. The highest BCUT2D eigenvalue weighted by Crippen LogP contribution is 2.38. The van der Waals surface area contributed by atoms with E-state index in [9.17, 15) is 13.2 Å². The Morgan fingerprint density at radius 1 is 1.23 bits per heavy atom. The minimum absolute atomic E-state index is 0.0133. The van der Waals surface area contributed by atoms with Gasteiger partial charge in [0.25, 0.3) is 0 Å². The third-order valence-electron chi connectivity index (χ3n) is 5.43. The maximum atomic E-state index is 13.2. The molecule has 30 heavy (non-hydrogen) atoms. The van der Waals surface area contributed by atoms with E-state index in [2.05, 4.69) is 16.9 Å². The lowest BCUT2D eigenvalue weighted by Crippen LogP contribution is -2.21. The number of nitrogens with zero attached hydrogens (tertiary/aromatic N) is 2. The van der Waals surface area contributed by atoms with Gasteiger partial charge in [0.05, 0.1) is 36.8 Å². The van der Waals surface area contributed by atoms with Gasteiger partial charge in [-0.05, 0) is 37.8 Å². The minimum Gasteiger partial charge on any atom is -0.496 e. The van der Waals surface area contributed by atoms with E-state index in [1.807, 2.05) is 6.92 Å². The van der Waals surface area contributed by atoms with E-state index in [4.69, 9.17) is 14.2 Å². The summed E-state index contributed by atoms with van der Waals surface area (Å²) in [4.78, 5) is 0. The fraction of sp³-hybridized carbons (Fsp3) is 0.500. The predicted molar refractivity (Wildman–Crippen MR) is 103 cm³/mol. The highest BCUT2D eigenvalue weighted by molar-refractivity contribution is 5.49. The van der Waals surface area contributed by atoms with Crippen molar-refractivity contribution in [3.63, 3.8) is 0 Å². The van der Waals surface area contributed by atoms with E-state index in [0.29, 0.717) is 37.6 Å². The van der Waals surface area contributed by atoms with Crippen LogP contribution in [0.1, 0.15) is 42.3 Å². The van der Waals surface area contributed by atoms with E-state index < -0.39 is 11.7 Å². The van der Waals surface area contributed by atoms with Crippen LogP contribution in [0.3, 0.4) is 0 Å². The van der Waals surface area contributed by atoms with E-state index in [1.54, 1.807) is 4.68 Å². The van der Waals surface area contributed by atoms with Gasteiger partial charge in [-0.25, -0.2) is 4.68 Å². The molecule has 2 aromatic rings. The summed E-state index contributed by atoms with van der Waals surface area (Å²) in [6.07, 6.45) is -2.12. The SMILES string of the molecule is COc1cc(-n2nc(C#CC3CCOCC3)c3c2C[C@H](C)OC3)ccc1C(F)(F)F. The quantitative estimate of drug-likeness (QED) is 0.686. The van der Waals surface area contributed by atoms with Gasteiger partial charge in [-0.3, -0.25) is 0 Å². The van der Waals surface area contributed by atoms with Crippen LogP contribution in [-0.2, 0) is 28.7 Å². The Morgan fingerprint density at radius 2 is 2.00 bits per heavy atom. The summed E-state index contributed by atoms with van der Waals surface area (Å²) in [5.74, 6) is 6.49. The molecule has 3 heterocycles. The molecule has 0 N–H and O–H groups in total. The third-order valence-corrected chi connectivity index (χ3v) is 5.43. The van der Waals surface area contributed by atoms with Crippen LogP contribution in [-0.4, -0.2) is 36.2 Å². The Balaban J connectivity index is 1.75. The van der Waals surface area contributed by atoms with Crippen molar-refractivity contribution in [2.24, 2.45) is 5.92 Å². The van der Waals surface area contributed by atoms with Crippen LogP contribution in [0, 0.1) is 17.8 Å². The van der Waals surface area contributed by atoms with Gasteiger partial charge in [0.15, 0.2) is 0 Å². The average Bonchev–Trinajstić information content (AvgIpc) is 3.09. The largest absolute Gasteiger partial charge is 0.496 e. The number of rotatable bonds is 2. The summed E-state index contributed by atoms with van der Waals surface area (Å²) in [5, 5.41) is 4.64. The number of ether oxygens (including phenoxy) is 3. The van der Waals surface area contributed by atoms with E-state index in [0.717, 1.165) is 30.2 Å². The summed E-state index contributed by atoms with van der Waals surface area (Å²) in [7, 11) is 1.23. The van der Waals surface area contributed by atoms with E-state index >= 15 is 0 Å². The number of fused-ring (bicyclic) bond motifs is 1. The van der Waals surface area contributed by atoms with Crippen LogP contribution >= 0.6 is 0 Å². The molecule has 8 heteroatoms. The van der Waals surface area contributed by atoms with Crippen molar-refractivity contribution in [3.05, 3.63) is 40.7 Å². The molecule has 1 atom stereocenters. The maximum Gasteiger partial charge on any atom is 0.419 e. The van der Waals surface area contributed by atoms with Gasteiger partial charge in [0.1, 0.15) is 11.4 Å². The number of benzene rings is 1. The van der Waals surface area contributed by atoms with E-state index in [-0.39, 0.29) is 17.8 Å². The first kappa shape index (κ1) is 20.8. The van der Waals surface area contributed by atoms with Crippen molar-refractivity contribution in [1.29, 1.82) is 0 Å². The number of methoxy groups -OCH3 is 1. The molecule has 0 amide bonds. The molecule has 5 nitrogen and oxygen atoms in total. The van der Waals surface area contributed by atoms with E-state index in [1.165, 1.54) is 19.2 Å². The predicted octanol–water partition coefficient (Wildman–Crippen LogP) is 4.14. The van der Waals surface area contributed by atoms with Gasteiger partial charge in [-0.15, -0.1) is 0 Å². The standard InChI is InChI=1S/C22H23F3N2O3/c1-14-11-20-17(13-30-14)19(6-3-15-7-9-29-10-8-15)26-27(20)16-4-5-18(22(23,24)25)21(12-16)28-2/h4-5,12,14-15H,7-11,13H2,1-2H3/t14-/m0/s1. The average molecular weight is 420 g/mol. The summed E-state index contributed by atoms with van der Waals surface area (Å²) in [5.41, 5.74) is 2.11. The molecule has 160 valence electrons. The van der Waals surface area contributed by atoms with Crippen LogP contribution in [0.2, 0.25) is 0 Å². The summed E-state index contributed by atoms with van der Waals surface area (Å²) < 4.78 is 57.5. The first-order chi connectivity index (χ1) is 14.4. The Bertz CT molecular complexity index is 982. The molecule has 4 rings (SSSR count). The number of hydrogen-bond donors (Lipinski definition) is 0. The molecule has 1 fully saturated rings. The molecular formula is C22H23F3N2O3. The molecular weight excluding hydrogens is 397 g/mol. The smallest absolute Gasteiger partial charge is 0.419 e. The molecule has 0 radical (unpaired) electrons. The molecule has 2 aliphatic heterocycles. The number of hydrogen-bond acceptors (Lipinski definition) is 4. The van der Waals surface area contributed by atoms with Gasteiger partial charge < -0.3 is 14.2 Å². The lowest BCUT2D eigenvalue weighted by Gasteiger charge is -2.21. The molecule has 0 saturated carbocycles. The van der Waals surface area contributed by atoms with Gasteiger partial charge in [-0.2, -0.15) is 18.3 Å². The first-order valence-electron chi connectivity index (χ1n) is 9.94. The summed E-state index contributed by atoms with van der Waals surface area (Å²) in [6, 6.07) is 3.80. The lowest BCUT2D eigenvalue weighted by atomic mass is 10.0. The van der Waals surface area contributed by atoms with Crippen LogP contribution in [0.5, 0.6) is 5.75 Å². The molecule has 1 aromatic carbocycles. The normalized spacial score (nSPS) is 19.7. The molecule has 1 saturated heterocycles. The number of halogens is 3. The molecule has 0 unspecified atom stereocenters. The Hall–Kier alpha value is -2.50. The topological polar surface area (TPSA) is 45.5 Å². The zero-order valence-corrected chi connectivity index (χ0v) is 16.9. The molecule has 1 aromatic heterocycles. The molecule has 2 aliphatic rings. The fourth-order valence-electron chi connectivity index (χ4n) is 3.78. The molecule has 0 bridgehead atoms. The Kier molecular flexibility index (Phi) is 5.76. The van der Waals surface area contributed by atoms with Gasteiger partial charge >= 0.3 is 6.18 Å². The lowest BCUT2D eigenvalue weighted by molar-refractivity contribution is -0.138. The fourth-order valence-corrected chi connectivity index (χ4v) is 3.78. The van der Waals surface area contributed by atoms with Crippen molar-refractivity contribution < 1.29 is 27.4 Å². The second-order valence-corrected chi connectivity index (χ2v) is 7.55. The Morgan fingerprint density at radius 3 is 2.70 bits per heavy atom. The maximum absolute atomic E-state index is 13.2. The first-order valence-corrected chi connectivity index (χ1v) is 9.94. The van der Waals surface area contributed by atoms with Crippen LogP contribution in [0.4, 0.5) is 13.2 Å². The molecule has 0 spiro atoms. The summed E-state index contributed by atoms with van der Waals surface area (Å²) >= 11 is 0. The van der Waals surface area contributed by atoms with Gasteiger partial charge in [-0.1, -0.05) is 5.92 Å².